The second kappa shape index (κ2) is 8.22. The molecule has 2 aromatic rings. The Morgan fingerprint density at radius 1 is 1.33 bits per heavy atom. The molecule has 0 saturated carbocycles. The van der Waals surface area contributed by atoms with Crippen molar-refractivity contribution in [1.82, 2.24) is 19.5 Å². The summed E-state index contributed by atoms with van der Waals surface area (Å²) in [6.45, 7) is 6.42. The van der Waals surface area contributed by atoms with Crippen molar-refractivity contribution in [2.75, 3.05) is 25.6 Å². The van der Waals surface area contributed by atoms with Gasteiger partial charge in [0.1, 0.15) is 5.52 Å². The van der Waals surface area contributed by atoms with Crippen LogP contribution in [0.5, 0.6) is 0 Å². The van der Waals surface area contributed by atoms with Crippen LogP contribution in [0.25, 0.3) is 11.2 Å². The first-order chi connectivity index (χ1) is 11.4. The zero-order chi connectivity index (χ0) is 17.7. The van der Waals surface area contributed by atoms with Gasteiger partial charge in [-0.2, -0.15) is 9.97 Å². The summed E-state index contributed by atoms with van der Waals surface area (Å²) < 4.78 is 30.4. The van der Waals surface area contributed by atoms with Crippen molar-refractivity contribution in [2.24, 2.45) is 0 Å². The number of nitrogen functional groups attached to an aromatic ring is 1. The van der Waals surface area contributed by atoms with Crippen LogP contribution >= 0.6 is 19.2 Å². The van der Waals surface area contributed by atoms with Crippen molar-refractivity contribution in [3.8, 4) is 0 Å². The van der Waals surface area contributed by atoms with E-state index in [0.29, 0.717) is 17.7 Å². The van der Waals surface area contributed by atoms with Gasteiger partial charge in [-0.15, -0.1) is 0 Å². The largest absolute Gasteiger partial charge is 0.368 e. The molecule has 134 valence electrons. The Kier molecular flexibility index (Phi) is 6.54. The number of nitrogens with two attached hydrogens (primary N) is 1. The summed E-state index contributed by atoms with van der Waals surface area (Å²) >= 11 is 5.98. The van der Waals surface area contributed by atoms with Gasteiger partial charge < -0.3 is 24.1 Å². The number of ether oxygens (including phenoxy) is 1. The van der Waals surface area contributed by atoms with Crippen LogP contribution in [0.4, 0.5) is 5.95 Å². The number of imidazole rings is 1. The smallest absolute Gasteiger partial charge is 0.358 e. The van der Waals surface area contributed by atoms with Crippen LogP contribution in [-0.4, -0.2) is 45.2 Å². The maximum atomic E-state index is 12.6. The average molecular weight is 378 g/mol. The van der Waals surface area contributed by atoms with Gasteiger partial charge in [0.2, 0.25) is 5.95 Å². The highest BCUT2D eigenvalue weighted by Gasteiger charge is 2.32. The molecule has 2 rings (SSSR count). The molecule has 0 aliphatic carbocycles. The predicted molar refractivity (Wildman–Crippen MR) is 91.0 cm³/mol. The molecule has 2 heterocycles. The molecule has 2 N–H and O–H groups in total. The van der Waals surface area contributed by atoms with Crippen molar-refractivity contribution in [3.63, 3.8) is 0 Å². The molecule has 1 atom stereocenters. The van der Waals surface area contributed by atoms with Crippen LogP contribution < -0.4 is 5.73 Å². The Morgan fingerprint density at radius 2 is 2.00 bits per heavy atom. The molecule has 0 bridgehead atoms. The predicted octanol–water partition coefficient (Wildman–Crippen LogP) is 2.69. The minimum absolute atomic E-state index is 0.0701. The van der Waals surface area contributed by atoms with Crippen molar-refractivity contribution < 1.29 is 18.3 Å². The molecule has 0 aromatic carbocycles. The van der Waals surface area contributed by atoms with Crippen LogP contribution in [0.3, 0.4) is 0 Å². The van der Waals surface area contributed by atoms with Gasteiger partial charge in [-0.25, -0.2) is 4.98 Å². The first kappa shape index (κ1) is 19.1. The van der Waals surface area contributed by atoms with E-state index in [0.717, 1.165) is 0 Å². The molecule has 2 aromatic heterocycles. The number of hydrogen-bond donors (Lipinski definition) is 1. The zero-order valence-electron chi connectivity index (χ0n) is 13.8. The maximum absolute atomic E-state index is 12.6. The summed E-state index contributed by atoms with van der Waals surface area (Å²) in [6.07, 6.45) is 1.57. The second-order valence-electron chi connectivity index (χ2n) is 4.83. The highest BCUT2D eigenvalue weighted by molar-refractivity contribution is 7.54. The molecule has 0 saturated heterocycles. The van der Waals surface area contributed by atoms with Gasteiger partial charge in [0, 0.05) is 6.54 Å². The lowest BCUT2D eigenvalue weighted by Gasteiger charge is -2.23. The molecular formula is C13H21ClN5O4P. The lowest BCUT2D eigenvalue weighted by Crippen LogP contribution is -2.17. The molecule has 0 aliphatic heterocycles. The third-order valence-electron chi connectivity index (χ3n) is 3.19. The minimum atomic E-state index is -3.29. The Labute approximate surface area is 145 Å². The number of anilines is 1. The zero-order valence-corrected chi connectivity index (χ0v) is 15.5. The fourth-order valence-corrected chi connectivity index (χ4v) is 3.83. The van der Waals surface area contributed by atoms with E-state index in [-0.39, 0.29) is 30.9 Å². The van der Waals surface area contributed by atoms with Crippen molar-refractivity contribution >= 4 is 36.3 Å². The summed E-state index contributed by atoms with van der Waals surface area (Å²) in [5.74, 6) is -0.615. The van der Waals surface area contributed by atoms with E-state index in [9.17, 15) is 4.57 Å². The lowest BCUT2D eigenvalue weighted by molar-refractivity contribution is 0.0754. The SMILES string of the molecule is CCOP(=O)(OCC)C(C)OCCn1cnc2c(Cl)nc(N)nc21. The van der Waals surface area contributed by atoms with Crippen LogP contribution in [0.2, 0.25) is 5.15 Å². The highest BCUT2D eigenvalue weighted by Crippen LogP contribution is 2.53. The topological polar surface area (TPSA) is 114 Å². The van der Waals surface area contributed by atoms with Gasteiger partial charge in [-0.05, 0) is 20.8 Å². The van der Waals surface area contributed by atoms with Crippen molar-refractivity contribution in [3.05, 3.63) is 11.5 Å². The fraction of sp³-hybridized carbons (Fsp3) is 0.615. The van der Waals surface area contributed by atoms with E-state index in [1.807, 2.05) is 0 Å². The van der Waals surface area contributed by atoms with Crippen molar-refractivity contribution in [1.29, 1.82) is 0 Å². The van der Waals surface area contributed by atoms with E-state index in [4.69, 9.17) is 31.1 Å². The molecule has 0 fully saturated rings. The van der Waals surface area contributed by atoms with Crippen molar-refractivity contribution in [2.45, 2.75) is 33.2 Å². The van der Waals surface area contributed by atoms with E-state index in [1.165, 1.54) is 0 Å². The Hall–Kier alpha value is -1.25. The molecular weight excluding hydrogens is 357 g/mol. The number of rotatable bonds is 9. The molecule has 9 nitrogen and oxygen atoms in total. The summed E-state index contributed by atoms with van der Waals surface area (Å²) in [5.41, 5.74) is 6.59. The maximum Gasteiger partial charge on any atom is 0.358 e. The average Bonchev–Trinajstić information content (AvgIpc) is 2.91. The van der Waals surface area contributed by atoms with Crippen LogP contribution in [0.15, 0.2) is 6.33 Å². The van der Waals surface area contributed by atoms with Gasteiger partial charge in [0.15, 0.2) is 16.6 Å². The van der Waals surface area contributed by atoms with E-state index < -0.39 is 13.4 Å². The number of aromatic nitrogens is 4. The molecule has 0 amide bonds. The van der Waals surface area contributed by atoms with E-state index in [2.05, 4.69) is 15.0 Å². The third-order valence-corrected chi connectivity index (χ3v) is 5.73. The quantitative estimate of drug-likeness (QED) is 0.524. The summed E-state index contributed by atoms with van der Waals surface area (Å²) in [6, 6.07) is 0. The molecule has 11 heteroatoms. The fourth-order valence-electron chi connectivity index (χ4n) is 2.11. The van der Waals surface area contributed by atoms with Gasteiger partial charge in [-0.1, -0.05) is 11.6 Å². The van der Waals surface area contributed by atoms with E-state index in [1.54, 1.807) is 31.7 Å². The summed E-state index contributed by atoms with van der Waals surface area (Å²) in [7, 11) is -3.29. The van der Waals surface area contributed by atoms with Gasteiger partial charge >= 0.3 is 7.60 Å². The Morgan fingerprint density at radius 3 is 2.62 bits per heavy atom. The highest BCUT2D eigenvalue weighted by atomic mass is 35.5. The second-order valence-corrected chi connectivity index (χ2v) is 7.51. The van der Waals surface area contributed by atoms with Crippen LogP contribution in [0, 0.1) is 0 Å². The van der Waals surface area contributed by atoms with Crippen LogP contribution in [-0.2, 0) is 24.9 Å². The number of halogens is 1. The molecule has 0 spiro atoms. The standard InChI is InChI=1S/C13H21ClN5O4P/c1-4-22-24(20,23-5-2)9(3)21-7-6-19-8-16-10-11(14)17-13(15)18-12(10)19/h8-9H,4-7H2,1-3H3,(H2,15,17,18). The van der Waals surface area contributed by atoms with Gasteiger partial charge in [0.25, 0.3) is 0 Å². The molecule has 24 heavy (non-hydrogen) atoms. The summed E-state index contributed by atoms with van der Waals surface area (Å²) in [4.78, 5) is 12.1. The first-order valence-corrected chi connectivity index (χ1v) is 9.54. The lowest BCUT2D eigenvalue weighted by atomic mass is 10.5. The normalized spacial score (nSPS) is 13.5. The van der Waals surface area contributed by atoms with Crippen LogP contribution in [0.1, 0.15) is 20.8 Å². The molecule has 1 unspecified atom stereocenters. The van der Waals surface area contributed by atoms with Gasteiger partial charge in [-0.3, -0.25) is 4.57 Å². The number of nitrogens with zero attached hydrogens (tertiary/aromatic N) is 4. The Balaban J connectivity index is 2.02. The third kappa shape index (κ3) is 4.23. The molecule has 0 radical (unpaired) electrons. The number of hydrogen-bond acceptors (Lipinski definition) is 8. The Bertz CT molecular complexity index is 730. The summed E-state index contributed by atoms with van der Waals surface area (Å²) in [5, 5.41) is 0.197. The first-order valence-electron chi connectivity index (χ1n) is 7.55. The monoisotopic (exact) mass is 377 g/mol. The number of fused-ring (bicyclic) bond motifs is 1. The van der Waals surface area contributed by atoms with E-state index >= 15 is 0 Å². The molecule has 0 aliphatic rings. The minimum Gasteiger partial charge on any atom is -0.368 e. The van der Waals surface area contributed by atoms with Gasteiger partial charge in [0.05, 0.1) is 26.1 Å².